The molecule has 0 saturated carbocycles. The van der Waals surface area contributed by atoms with Crippen LogP contribution in [0.2, 0.25) is 0 Å². The van der Waals surface area contributed by atoms with Crippen molar-refractivity contribution < 1.29 is 27.8 Å². The van der Waals surface area contributed by atoms with Gasteiger partial charge in [-0.1, -0.05) is 99.6 Å². The first kappa shape index (κ1) is 37.1. The minimum atomic E-state index is -0.881. The lowest BCUT2D eigenvalue weighted by Crippen LogP contribution is -2.52. The van der Waals surface area contributed by atoms with Gasteiger partial charge in [0.15, 0.2) is 0 Å². The number of ether oxygens (including phenoxy) is 2. The first-order valence-electron chi connectivity index (χ1n) is 18.7. The number of rotatable bonds is 12. The predicted octanol–water partition coefficient (Wildman–Crippen LogP) is 9.63. The molecule has 9 heteroatoms. The molecule has 2 amide bonds. The minimum absolute atomic E-state index is 0.00691. The van der Waals surface area contributed by atoms with Crippen LogP contribution in [0.1, 0.15) is 80.8 Å². The summed E-state index contributed by atoms with van der Waals surface area (Å²) in [5, 5.41) is 0. The summed E-state index contributed by atoms with van der Waals surface area (Å²) in [4.78, 5) is 29.1. The van der Waals surface area contributed by atoms with Crippen LogP contribution in [-0.2, 0) is 20.8 Å². The SMILES string of the molecule is CC(C)(C)[C@H](c1cc(-c2cc(F)ccc2F)cn1Cc1ccccc1)N(C(=O)[C@@H]1CCCO1)C(CCOC(N)=O)CC1c2ccccc2-c2ccccc21. The molecular formula is C45H47F2N3O4. The molecule has 1 aliphatic heterocycles. The Labute approximate surface area is 315 Å². The minimum Gasteiger partial charge on any atom is -0.450 e. The largest absolute Gasteiger partial charge is 0.450 e. The van der Waals surface area contributed by atoms with Gasteiger partial charge < -0.3 is 24.7 Å². The van der Waals surface area contributed by atoms with E-state index in [0.717, 1.165) is 40.9 Å². The second-order valence-electron chi connectivity index (χ2n) is 15.5. The van der Waals surface area contributed by atoms with E-state index in [4.69, 9.17) is 15.2 Å². The van der Waals surface area contributed by atoms with Crippen LogP contribution in [0.15, 0.2) is 109 Å². The van der Waals surface area contributed by atoms with Crippen LogP contribution in [0.25, 0.3) is 22.3 Å². The Hall–Kier alpha value is -5.28. The van der Waals surface area contributed by atoms with Crippen LogP contribution in [0, 0.1) is 17.0 Å². The van der Waals surface area contributed by atoms with Crippen molar-refractivity contribution in [3.63, 3.8) is 0 Å². The lowest BCUT2D eigenvalue weighted by Gasteiger charge is -2.46. The molecule has 1 aromatic heterocycles. The number of carbonyl (C=O) groups excluding carboxylic acids is 2. The van der Waals surface area contributed by atoms with Crippen LogP contribution < -0.4 is 5.73 Å². The first-order valence-corrected chi connectivity index (χ1v) is 18.7. The Morgan fingerprint density at radius 1 is 0.907 bits per heavy atom. The molecule has 2 aliphatic rings. The van der Waals surface area contributed by atoms with Gasteiger partial charge in [-0.2, -0.15) is 0 Å². The molecule has 0 bridgehead atoms. The molecule has 2 heterocycles. The zero-order valence-corrected chi connectivity index (χ0v) is 31.0. The van der Waals surface area contributed by atoms with Gasteiger partial charge in [0, 0.05) is 54.5 Å². The van der Waals surface area contributed by atoms with Gasteiger partial charge in [0.1, 0.15) is 17.7 Å². The van der Waals surface area contributed by atoms with Crippen LogP contribution >= 0.6 is 0 Å². The Kier molecular flexibility index (Phi) is 10.7. The lowest BCUT2D eigenvalue weighted by molar-refractivity contribution is -0.150. The van der Waals surface area contributed by atoms with Gasteiger partial charge in [-0.3, -0.25) is 4.79 Å². The number of amides is 2. The maximum Gasteiger partial charge on any atom is 0.404 e. The highest BCUT2D eigenvalue weighted by atomic mass is 19.1. The Balaban J connectivity index is 1.41. The predicted molar refractivity (Wildman–Crippen MR) is 206 cm³/mol. The van der Waals surface area contributed by atoms with E-state index in [2.05, 4.69) is 49.6 Å². The molecule has 0 spiro atoms. The van der Waals surface area contributed by atoms with E-state index in [1.54, 1.807) is 0 Å². The van der Waals surface area contributed by atoms with Crippen molar-refractivity contribution in [1.82, 2.24) is 9.47 Å². The summed E-state index contributed by atoms with van der Waals surface area (Å²) >= 11 is 0. The van der Waals surface area contributed by atoms with Gasteiger partial charge in [0.05, 0.1) is 12.6 Å². The summed E-state index contributed by atoms with van der Waals surface area (Å²) in [7, 11) is 0. The van der Waals surface area contributed by atoms with Gasteiger partial charge in [-0.05, 0) is 76.8 Å². The smallest absolute Gasteiger partial charge is 0.404 e. The molecule has 7 rings (SSSR count). The highest BCUT2D eigenvalue weighted by Crippen LogP contribution is 2.49. The standard InChI is InChI=1S/C45H47F2N3O4/c1-45(2,3)42(40-24-30(37-25-31(46)19-20-39(37)47)28-49(40)27-29-12-5-4-6-13-29)50(43(51)41-18-11-22-53-41)32(21-23-54-44(48)52)26-38-35-16-9-7-14-33(35)34-15-8-10-17-36(34)38/h4-10,12-17,19-20,24-25,28,32,38,41-42H,11,18,21-23,26-27H2,1-3H3,(H2,48,52)/t32?,41-,42-/m0/s1. The third kappa shape index (κ3) is 7.69. The van der Waals surface area contributed by atoms with E-state index in [1.165, 1.54) is 17.2 Å². The van der Waals surface area contributed by atoms with Gasteiger partial charge in [-0.25, -0.2) is 13.6 Å². The molecule has 1 saturated heterocycles. The maximum absolute atomic E-state index is 15.4. The molecule has 1 unspecified atom stereocenters. The number of hydrogen-bond acceptors (Lipinski definition) is 4. The number of fused-ring (bicyclic) bond motifs is 3. The number of nitrogens with zero attached hydrogens (tertiary/aromatic N) is 2. The van der Waals surface area contributed by atoms with E-state index >= 15 is 9.18 Å². The molecule has 1 aliphatic carbocycles. The lowest BCUT2D eigenvalue weighted by atomic mass is 9.80. The molecule has 54 heavy (non-hydrogen) atoms. The van der Waals surface area contributed by atoms with Crippen LogP contribution in [-0.4, -0.2) is 46.8 Å². The van der Waals surface area contributed by atoms with Gasteiger partial charge >= 0.3 is 6.09 Å². The molecule has 1 fully saturated rings. The number of aromatic nitrogens is 1. The number of benzene rings is 4. The van der Waals surface area contributed by atoms with Crippen molar-refractivity contribution in [2.45, 2.75) is 77.1 Å². The zero-order chi connectivity index (χ0) is 38.0. The average Bonchev–Trinajstić information content (AvgIpc) is 3.90. The van der Waals surface area contributed by atoms with E-state index in [0.29, 0.717) is 38.0 Å². The van der Waals surface area contributed by atoms with Crippen molar-refractivity contribution in [2.75, 3.05) is 13.2 Å². The van der Waals surface area contributed by atoms with Crippen molar-refractivity contribution in [2.24, 2.45) is 11.1 Å². The number of carbonyl (C=O) groups is 2. The number of primary amides is 1. The summed E-state index contributed by atoms with van der Waals surface area (Å²) < 4.78 is 43.6. The van der Waals surface area contributed by atoms with Gasteiger partial charge in [0.2, 0.25) is 0 Å². The molecule has 0 radical (unpaired) electrons. The van der Waals surface area contributed by atoms with E-state index < -0.39 is 41.3 Å². The first-order chi connectivity index (χ1) is 26.0. The van der Waals surface area contributed by atoms with Crippen molar-refractivity contribution in [3.05, 3.63) is 143 Å². The Morgan fingerprint density at radius 3 is 2.20 bits per heavy atom. The Bertz CT molecular complexity index is 2070. The van der Waals surface area contributed by atoms with E-state index in [9.17, 15) is 9.18 Å². The monoisotopic (exact) mass is 731 g/mol. The van der Waals surface area contributed by atoms with Crippen LogP contribution in [0.5, 0.6) is 0 Å². The van der Waals surface area contributed by atoms with Gasteiger partial charge in [-0.15, -0.1) is 0 Å². The second-order valence-corrected chi connectivity index (χ2v) is 15.5. The quantitative estimate of drug-likeness (QED) is 0.139. The highest BCUT2D eigenvalue weighted by molar-refractivity contribution is 5.83. The summed E-state index contributed by atoms with van der Waals surface area (Å²) in [6.07, 6.45) is 2.50. The summed E-state index contributed by atoms with van der Waals surface area (Å²) in [5.41, 5.74) is 12.0. The van der Waals surface area contributed by atoms with Crippen LogP contribution in [0.4, 0.5) is 13.6 Å². The summed E-state index contributed by atoms with van der Waals surface area (Å²) in [6.45, 7) is 7.19. The van der Waals surface area contributed by atoms with Gasteiger partial charge in [0.25, 0.3) is 5.91 Å². The third-order valence-corrected chi connectivity index (χ3v) is 10.8. The third-order valence-electron chi connectivity index (χ3n) is 10.8. The molecule has 3 atom stereocenters. The highest BCUT2D eigenvalue weighted by Gasteiger charge is 2.45. The van der Waals surface area contributed by atoms with Crippen molar-refractivity contribution in [3.8, 4) is 22.3 Å². The summed E-state index contributed by atoms with van der Waals surface area (Å²) in [6, 6.07) is 31.0. The van der Waals surface area contributed by atoms with E-state index in [1.807, 2.05) is 71.8 Å². The number of hydrogen-bond donors (Lipinski definition) is 1. The fourth-order valence-electron chi connectivity index (χ4n) is 8.45. The number of nitrogens with two attached hydrogens (primary N) is 1. The average molecular weight is 732 g/mol. The molecule has 280 valence electrons. The fraction of sp³-hybridized carbons (Fsp3) is 0.333. The molecule has 4 aromatic carbocycles. The number of halogens is 2. The normalized spacial score (nSPS) is 16.4. The van der Waals surface area contributed by atoms with E-state index in [-0.39, 0.29) is 24.0 Å². The topological polar surface area (TPSA) is 86.8 Å². The van der Waals surface area contributed by atoms with Crippen molar-refractivity contribution in [1.29, 1.82) is 0 Å². The molecule has 2 N–H and O–H groups in total. The van der Waals surface area contributed by atoms with Crippen LogP contribution in [0.3, 0.4) is 0 Å². The second kappa shape index (κ2) is 15.6. The summed E-state index contributed by atoms with van der Waals surface area (Å²) in [5.74, 6) is -1.29. The fourth-order valence-corrected chi connectivity index (χ4v) is 8.45. The molecular weight excluding hydrogens is 685 g/mol. The molecule has 7 nitrogen and oxygen atoms in total. The molecule has 5 aromatic rings. The zero-order valence-electron chi connectivity index (χ0n) is 31.0. The Morgan fingerprint density at radius 2 is 1.57 bits per heavy atom. The maximum atomic E-state index is 15.4. The van der Waals surface area contributed by atoms with Crippen molar-refractivity contribution >= 4 is 12.0 Å².